The SMILES string of the molecule is Oc1cc(O)c2c(c1)OCc1c-2ncc2c(O)c(O)c(O)cc12. The summed E-state index contributed by atoms with van der Waals surface area (Å²) in [5.41, 5.74) is 1.28. The molecule has 1 aliphatic heterocycles. The molecular formula is C16H11NO6. The lowest BCUT2D eigenvalue weighted by atomic mass is 9.96. The summed E-state index contributed by atoms with van der Waals surface area (Å²) in [6.45, 7) is 0.0687. The van der Waals surface area contributed by atoms with Gasteiger partial charge in [0.1, 0.15) is 23.9 Å². The Labute approximate surface area is 129 Å². The number of pyridine rings is 1. The maximum absolute atomic E-state index is 10.1. The van der Waals surface area contributed by atoms with Crippen LogP contribution in [-0.2, 0) is 6.61 Å². The fourth-order valence-corrected chi connectivity index (χ4v) is 2.82. The number of aromatic hydroxyl groups is 5. The number of aromatic nitrogens is 1. The van der Waals surface area contributed by atoms with Crippen molar-refractivity contribution >= 4 is 10.8 Å². The first kappa shape index (κ1) is 13.3. The normalized spacial score (nSPS) is 12.5. The molecule has 0 unspecified atom stereocenters. The van der Waals surface area contributed by atoms with Crippen LogP contribution in [0.3, 0.4) is 0 Å². The van der Waals surface area contributed by atoms with Gasteiger partial charge in [0.15, 0.2) is 11.5 Å². The molecule has 0 amide bonds. The van der Waals surface area contributed by atoms with E-state index >= 15 is 0 Å². The molecule has 7 heteroatoms. The molecule has 0 fully saturated rings. The van der Waals surface area contributed by atoms with Crippen LogP contribution in [0.1, 0.15) is 5.56 Å². The lowest BCUT2D eigenvalue weighted by Gasteiger charge is -2.22. The molecule has 1 aromatic heterocycles. The van der Waals surface area contributed by atoms with Crippen molar-refractivity contribution in [3.8, 4) is 45.8 Å². The fourth-order valence-electron chi connectivity index (χ4n) is 2.82. The molecule has 4 rings (SSSR count). The summed E-state index contributed by atoms with van der Waals surface area (Å²) in [5.74, 6) is -1.61. The molecule has 3 aromatic rings. The van der Waals surface area contributed by atoms with Crippen LogP contribution in [0.25, 0.3) is 22.0 Å². The van der Waals surface area contributed by atoms with Crippen molar-refractivity contribution in [2.75, 3.05) is 0 Å². The second kappa shape index (κ2) is 4.33. The Morgan fingerprint density at radius 3 is 2.43 bits per heavy atom. The molecule has 23 heavy (non-hydrogen) atoms. The van der Waals surface area contributed by atoms with Gasteiger partial charge in [-0.3, -0.25) is 4.98 Å². The Morgan fingerprint density at radius 1 is 0.870 bits per heavy atom. The van der Waals surface area contributed by atoms with Gasteiger partial charge in [-0.05, 0) is 11.5 Å². The van der Waals surface area contributed by atoms with Crippen molar-refractivity contribution in [3.63, 3.8) is 0 Å². The van der Waals surface area contributed by atoms with Crippen LogP contribution in [0, 0.1) is 0 Å². The van der Waals surface area contributed by atoms with Gasteiger partial charge in [0.2, 0.25) is 5.75 Å². The second-order valence-electron chi connectivity index (χ2n) is 5.27. The summed E-state index contributed by atoms with van der Waals surface area (Å²) >= 11 is 0. The van der Waals surface area contributed by atoms with E-state index in [1.165, 1.54) is 24.4 Å². The van der Waals surface area contributed by atoms with E-state index in [9.17, 15) is 25.5 Å². The summed E-state index contributed by atoms with van der Waals surface area (Å²) in [7, 11) is 0. The van der Waals surface area contributed by atoms with E-state index in [1.54, 1.807) is 0 Å². The van der Waals surface area contributed by atoms with Gasteiger partial charge in [0, 0.05) is 29.3 Å². The van der Waals surface area contributed by atoms with E-state index in [0.717, 1.165) is 0 Å². The second-order valence-corrected chi connectivity index (χ2v) is 5.27. The Balaban J connectivity index is 2.09. The molecule has 0 radical (unpaired) electrons. The van der Waals surface area contributed by atoms with Gasteiger partial charge < -0.3 is 30.3 Å². The molecule has 1 aliphatic rings. The maximum atomic E-state index is 10.1. The first-order valence-corrected chi connectivity index (χ1v) is 6.72. The molecule has 0 spiro atoms. The Hall–Kier alpha value is -3.35. The standard InChI is InChI=1S/C16H11NO6/c18-6-1-10(19)13-12(2-6)23-5-9-7-3-11(20)16(22)15(21)8(7)4-17-14(9)13/h1-4,18-22H,5H2. The van der Waals surface area contributed by atoms with E-state index in [4.69, 9.17) is 4.74 Å². The van der Waals surface area contributed by atoms with Crippen LogP contribution in [0.5, 0.6) is 34.5 Å². The first-order chi connectivity index (χ1) is 11.0. The minimum Gasteiger partial charge on any atom is -0.508 e. The third-order valence-electron chi connectivity index (χ3n) is 3.90. The van der Waals surface area contributed by atoms with Crippen LogP contribution in [-0.4, -0.2) is 30.5 Å². The topological polar surface area (TPSA) is 123 Å². The van der Waals surface area contributed by atoms with E-state index < -0.39 is 17.2 Å². The third-order valence-corrected chi connectivity index (χ3v) is 3.90. The van der Waals surface area contributed by atoms with Crippen LogP contribution in [0.4, 0.5) is 0 Å². The largest absolute Gasteiger partial charge is 0.508 e. The van der Waals surface area contributed by atoms with Gasteiger partial charge in [-0.2, -0.15) is 0 Å². The highest BCUT2D eigenvalue weighted by Gasteiger charge is 2.26. The number of hydrogen-bond donors (Lipinski definition) is 5. The minimum atomic E-state index is -0.621. The quantitative estimate of drug-likeness (QED) is 0.403. The number of benzene rings is 2. The van der Waals surface area contributed by atoms with E-state index in [1.807, 2.05) is 0 Å². The molecule has 116 valence electrons. The summed E-state index contributed by atoms with van der Waals surface area (Å²) in [6, 6.07) is 3.85. The lowest BCUT2D eigenvalue weighted by molar-refractivity contribution is 0.298. The number of ether oxygens (including phenoxy) is 1. The van der Waals surface area contributed by atoms with E-state index in [0.29, 0.717) is 22.2 Å². The van der Waals surface area contributed by atoms with Gasteiger partial charge in [-0.1, -0.05) is 0 Å². The van der Waals surface area contributed by atoms with Crippen molar-refractivity contribution in [2.24, 2.45) is 0 Å². The van der Waals surface area contributed by atoms with Gasteiger partial charge in [-0.15, -0.1) is 0 Å². The van der Waals surface area contributed by atoms with Crippen molar-refractivity contribution in [3.05, 3.63) is 30.0 Å². The van der Waals surface area contributed by atoms with Crippen LogP contribution >= 0.6 is 0 Å². The monoisotopic (exact) mass is 313 g/mol. The highest BCUT2D eigenvalue weighted by molar-refractivity contribution is 5.98. The molecule has 5 N–H and O–H groups in total. The lowest BCUT2D eigenvalue weighted by Crippen LogP contribution is -2.08. The van der Waals surface area contributed by atoms with Gasteiger partial charge in [0.05, 0.1) is 11.3 Å². The summed E-state index contributed by atoms with van der Waals surface area (Å²) < 4.78 is 5.54. The molecule has 0 saturated heterocycles. The summed E-state index contributed by atoms with van der Waals surface area (Å²) in [5, 5.41) is 49.6. The smallest absolute Gasteiger partial charge is 0.201 e. The minimum absolute atomic E-state index is 0.0687. The zero-order chi connectivity index (χ0) is 16.3. The number of fused-ring (bicyclic) bond motifs is 5. The van der Waals surface area contributed by atoms with Crippen molar-refractivity contribution in [1.29, 1.82) is 0 Å². The van der Waals surface area contributed by atoms with Gasteiger partial charge in [-0.25, -0.2) is 0 Å². The van der Waals surface area contributed by atoms with Crippen molar-refractivity contribution in [1.82, 2.24) is 4.98 Å². The van der Waals surface area contributed by atoms with Crippen molar-refractivity contribution in [2.45, 2.75) is 6.61 Å². The average molecular weight is 313 g/mol. The molecule has 0 bridgehead atoms. The van der Waals surface area contributed by atoms with Crippen LogP contribution < -0.4 is 4.74 Å². The fraction of sp³-hybridized carbons (Fsp3) is 0.0625. The van der Waals surface area contributed by atoms with Crippen LogP contribution in [0.2, 0.25) is 0 Å². The number of nitrogens with zero attached hydrogens (tertiary/aromatic N) is 1. The Kier molecular flexibility index (Phi) is 2.51. The molecule has 2 aromatic carbocycles. The molecule has 2 heterocycles. The molecule has 7 nitrogen and oxygen atoms in total. The number of rotatable bonds is 0. The molecule has 0 aliphatic carbocycles. The van der Waals surface area contributed by atoms with Gasteiger partial charge >= 0.3 is 0 Å². The average Bonchev–Trinajstić information content (AvgIpc) is 2.51. The predicted molar refractivity (Wildman–Crippen MR) is 79.8 cm³/mol. The number of hydrogen-bond acceptors (Lipinski definition) is 7. The predicted octanol–water partition coefficient (Wildman–Crippen LogP) is 2.32. The Bertz CT molecular complexity index is 982. The first-order valence-electron chi connectivity index (χ1n) is 6.72. The number of phenols is 5. The van der Waals surface area contributed by atoms with E-state index in [-0.39, 0.29) is 29.2 Å². The summed E-state index contributed by atoms with van der Waals surface area (Å²) in [4.78, 5) is 4.24. The highest BCUT2D eigenvalue weighted by atomic mass is 16.5. The van der Waals surface area contributed by atoms with E-state index in [2.05, 4.69) is 4.98 Å². The molecular weight excluding hydrogens is 302 g/mol. The zero-order valence-electron chi connectivity index (χ0n) is 11.6. The van der Waals surface area contributed by atoms with Crippen LogP contribution in [0.15, 0.2) is 24.4 Å². The summed E-state index contributed by atoms with van der Waals surface area (Å²) in [6.07, 6.45) is 1.34. The zero-order valence-corrected chi connectivity index (χ0v) is 11.6. The number of phenolic OH excluding ortho intramolecular Hbond substituents is 5. The van der Waals surface area contributed by atoms with Gasteiger partial charge in [0.25, 0.3) is 0 Å². The van der Waals surface area contributed by atoms with Crippen molar-refractivity contribution < 1.29 is 30.3 Å². The molecule has 0 saturated carbocycles. The highest BCUT2D eigenvalue weighted by Crippen LogP contribution is 2.48. The maximum Gasteiger partial charge on any atom is 0.201 e. The Morgan fingerprint density at radius 2 is 1.65 bits per heavy atom. The molecule has 0 atom stereocenters. The third kappa shape index (κ3) is 1.73.